The van der Waals surface area contributed by atoms with Crippen LogP contribution in [-0.2, 0) is 5.41 Å². The summed E-state index contributed by atoms with van der Waals surface area (Å²) < 4.78 is 1.41. The third kappa shape index (κ3) is 3.05. The van der Waals surface area contributed by atoms with E-state index in [1.165, 1.54) is 4.40 Å². The van der Waals surface area contributed by atoms with Crippen molar-refractivity contribution in [3.8, 4) is 0 Å². The molecule has 2 aromatic heterocycles. The number of anilines is 1. The number of H-pyrrole nitrogens is 1. The van der Waals surface area contributed by atoms with Gasteiger partial charge in [-0.1, -0.05) is 51.1 Å². The zero-order chi connectivity index (χ0) is 17.3. The Kier molecular flexibility index (Phi) is 3.92. The maximum Gasteiger partial charge on any atom is 0.347 e. The maximum absolute atomic E-state index is 12.3. The zero-order valence-corrected chi connectivity index (χ0v) is 13.8. The molecule has 124 valence electrons. The molecule has 2 heterocycles. The summed E-state index contributed by atoms with van der Waals surface area (Å²) >= 11 is 0. The fraction of sp³-hybridized carbons (Fsp3) is 0.294. The molecule has 24 heavy (non-hydrogen) atoms. The van der Waals surface area contributed by atoms with E-state index in [4.69, 9.17) is 0 Å². The van der Waals surface area contributed by atoms with Crippen LogP contribution in [0.15, 0.2) is 41.3 Å². The van der Waals surface area contributed by atoms with Gasteiger partial charge in [0, 0.05) is 17.2 Å². The summed E-state index contributed by atoms with van der Waals surface area (Å²) in [5.74, 6) is 0.347. The first-order chi connectivity index (χ1) is 11.4. The van der Waals surface area contributed by atoms with Gasteiger partial charge in [-0.05, 0) is 0 Å². The normalized spacial score (nSPS) is 11.6. The highest BCUT2D eigenvalue weighted by molar-refractivity contribution is 5.99. The summed E-state index contributed by atoms with van der Waals surface area (Å²) in [7, 11) is 0. The van der Waals surface area contributed by atoms with Crippen molar-refractivity contribution in [1.82, 2.24) is 19.6 Å². The van der Waals surface area contributed by atoms with Crippen molar-refractivity contribution in [2.75, 3.05) is 11.9 Å². The minimum Gasteiger partial charge on any atom is -0.359 e. The number of carbonyl (C=O) groups is 1. The fourth-order valence-electron chi connectivity index (χ4n) is 2.28. The van der Waals surface area contributed by atoms with Crippen molar-refractivity contribution in [3.63, 3.8) is 0 Å². The molecule has 0 saturated heterocycles. The minimum atomic E-state index is -0.338. The molecule has 2 N–H and O–H groups in total. The lowest BCUT2D eigenvalue weighted by atomic mass is 9.93. The van der Waals surface area contributed by atoms with E-state index >= 15 is 0 Å². The summed E-state index contributed by atoms with van der Waals surface area (Å²) in [6.45, 7) is 6.09. The van der Waals surface area contributed by atoms with Gasteiger partial charge in [0.15, 0.2) is 11.6 Å². The molecule has 0 unspecified atom stereocenters. The van der Waals surface area contributed by atoms with Gasteiger partial charge < -0.3 is 5.32 Å². The molecule has 0 aliphatic heterocycles. The summed E-state index contributed by atoms with van der Waals surface area (Å²) in [5, 5.41) is 9.40. The molecule has 7 nitrogen and oxygen atoms in total. The molecule has 0 bridgehead atoms. The van der Waals surface area contributed by atoms with Crippen LogP contribution < -0.4 is 11.0 Å². The number of hydrogen-bond acceptors (Lipinski definition) is 5. The van der Waals surface area contributed by atoms with E-state index in [2.05, 4.69) is 20.5 Å². The smallest absolute Gasteiger partial charge is 0.347 e. The first-order valence-corrected chi connectivity index (χ1v) is 7.66. The second-order valence-corrected chi connectivity index (χ2v) is 6.59. The number of ketones is 1. The molecular weight excluding hydrogens is 306 g/mol. The first kappa shape index (κ1) is 15.9. The Labute approximate surface area is 138 Å². The molecule has 3 rings (SSSR count). The van der Waals surface area contributed by atoms with Gasteiger partial charge in [0.2, 0.25) is 5.65 Å². The second-order valence-electron chi connectivity index (χ2n) is 6.59. The number of nitrogens with one attached hydrogen (secondary N) is 2. The van der Waals surface area contributed by atoms with Crippen LogP contribution in [0.3, 0.4) is 0 Å². The van der Waals surface area contributed by atoms with Gasteiger partial charge in [0.25, 0.3) is 0 Å². The molecule has 3 aromatic rings. The Bertz CT molecular complexity index is 935. The van der Waals surface area contributed by atoms with E-state index in [1.54, 1.807) is 18.3 Å². The standard InChI is InChI=1S/C17H19N5O2/c1-17(2,3)13-10-22-15(20-21-16(22)24)14(19-13)18-9-12(23)11-7-5-4-6-8-11/h4-8,10H,9H2,1-3H3,(H,18,19)(H,21,24). The molecule has 0 aliphatic carbocycles. The van der Waals surface area contributed by atoms with Crippen LogP contribution in [0.1, 0.15) is 36.8 Å². The lowest BCUT2D eigenvalue weighted by molar-refractivity contribution is 0.101. The van der Waals surface area contributed by atoms with E-state index < -0.39 is 0 Å². The van der Waals surface area contributed by atoms with E-state index in [1.807, 2.05) is 39.0 Å². The largest absolute Gasteiger partial charge is 0.359 e. The molecule has 0 spiro atoms. The Balaban J connectivity index is 1.94. The summed E-state index contributed by atoms with van der Waals surface area (Å²) in [5.41, 5.74) is 1.13. The molecule has 0 radical (unpaired) electrons. The molecular formula is C17H19N5O2. The number of carbonyl (C=O) groups excluding carboxylic acids is 1. The topological polar surface area (TPSA) is 92.1 Å². The first-order valence-electron chi connectivity index (χ1n) is 7.66. The van der Waals surface area contributed by atoms with Crippen molar-refractivity contribution in [2.45, 2.75) is 26.2 Å². The third-order valence-corrected chi connectivity index (χ3v) is 3.68. The Morgan fingerprint density at radius 1 is 1.25 bits per heavy atom. The quantitative estimate of drug-likeness (QED) is 0.716. The monoisotopic (exact) mass is 325 g/mol. The molecule has 7 heteroatoms. The van der Waals surface area contributed by atoms with Crippen LogP contribution in [0.5, 0.6) is 0 Å². The summed E-state index contributed by atoms with van der Waals surface area (Å²) in [4.78, 5) is 28.7. The number of hydrogen-bond donors (Lipinski definition) is 2. The predicted molar refractivity (Wildman–Crippen MR) is 91.6 cm³/mol. The van der Waals surface area contributed by atoms with Crippen LogP contribution in [-0.4, -0.2) is 31.9 Å². The Hall–Kier alpha value is -2.96. The molecule has 0 saturated carbocycles. The number of rotatable bonds is 4. The molecule has 0 aliphatic rings. The van der Waals surface area contributed by atoms with Gasteiger partial charge in [-0.2, -0.15) is 0 Å². The van der Waals surface area contributed by atoms with Crippen molar-refractivity contribution in [1.29, 1.82) is 0 Å². The van der Waals surface area contributed by atoms with Crippen LogP contribution >= 0.6 is 0 Å². The van der Waals surface area contributed by atoms with E-state index in [9.17, 15) is 9.59 Å². The lowest BCUT2D eigenvalue weighted by Crippen LogP contribution is -2.21. The number of Topliss-reactive ketones (excluding diaryl/α,β-unsaturated/α-hetero) is 1. The van der Waals surface area contributed by atoms with Crippen LogP contribution in [0.25, 0.3) is 5.65 Å². The van der Waals surface area contributed by atoms with Crippen LogP contribution in [0, 0.1) is 0 Å². The van der Waals surface area contributed by atoms with Crippen molar-refractivity contribution >= 4 is 17.2 Å². The van der Waals surface area contributed by atoms with Gasteiger partial charge in [-0.15, -0.1) is 5.10 Å². The SMILES string of the molecule is CC(C)(C)c1cn2c(=O)[nH]nc2c(NCC(=O)c2ccccc2)n1. The van der Waals surface area contributed by atoms with Gasteiger partial charge >= 0.3 is 5.69 Å². The van der Waals surface area contributed by atoms with Gasteiger partial charge in [-0.3, -0.25) is 4.79 Å². The van der Waals surface area contributed by atoms with Gasteiger partial charge in [-0.25, -0.2) is 19.3 Å². The van der Waals surface area contributed by atoms with Crippen LogP contribution in [0.2, 0.25) is 0 Å². The molecule has 0 amide bonds. The van der Waals surface area contributed by atoms with Crippen LogP contribution in [0.4, 0.5) is 5.82 Å². The number of fused-ring (bicyclic) bond motifs is 1. The lowest BCUT2D eigenvalue weighted by Gasteiger charge is -2.19. The van der Waals surface area contributed by atoms with E-state index in [-0.39, 0.29) is 23.4 Å². The zero-order valence-electron chi connectivity index (χ0n) is 13.8. The second kappa shape index (κ2) is 5.92. The molecule has 0 fully saturated rings. The highest BCUT2D eigenvalue weighted by Gasteiger charge is 2.20. The Morgan fingerprint density at radius 3 is 2.62 bits per heavy atom. The molecule has 0 atom stereocenters. The van der Waals surface area contributed by atoms with Gasteiger partial charge in [0.1, 0.15) is 0 Å². The number of aromatic nitrogens is 4. The number of aromatic amines is 1. The van der Waals surface area contributed by atoms with Gasteiger partial charge in [0.05, 0.1) is 12.2 Å². The predicted octanol–water partition coefficient (Wildman–Crippen LogP) is 2.01. The maximum atomic E-state index is 12.3. The molecule has 1 aromatic carbocycles. The van der Waals surface area contributed by atoms with E-state index in [0.29, 0.717) is 17.0 Å². The highest BCUT2D eigenvalue weighted by Crippen LogP contribution is 2.22. The Morgan fingerprint density at radius 2 is 1.96 bits per heavy atom. The van der Waals surface area contributed by atoms with E-state index in [0.717, 1.165) is 5.69 Å². The minimum absolute atomic E-state index is 0.0606. The number of nitrogens with zero attached hydrogens (tertiary/aromatic N) is 3. The summed E-state index contributed by atoms with van der Waals surface area (Å²) in [6, 6.07) is 9.02. The number of benzene rings is 1. The average Bonchev–Trinajstić information content (AvgIpc) is 2.94. The average molecular weight is 325 g/mol. The van der Waals surface area contributed by atoms with Crippen molar-refractivity contribution in [3.05, 3.63) is 58.3 Å². The summed E-state index contributed by atoms with van der Waals surface area (Å²) in [6.07, 6.45) is 1.67. The third-order valence-electron chi connectivity index (χ3n) is 3.68. The highest BCUT2D eigenvalue weighted by atomic mass is 16.1. The van der Waals surface area contributed by atoms with Crippen molar-refractivity contribution < 1.29 is 4.79 Å². The fourth-order valence-corrected chi connectivity index (χ4v) is 2.28. The van der Waals surface area contributed by atoms with Crippen molar-refractivity contribution in [2.24, 2.45) is 0 Å².